The van der Waals surface area contributed by atoms with Crippen LogP contribution in [0.2, 0.25) is 0 Å². The molecule has 0 fully saturated rings. The number of ether oxygens (including phenoxy) is 2. The molecular formula is C57H84O5. The van der Waals surface area contributed by atoms with Crippen LogP contribution in [0.15, 0.2) is 170 Å². The summed E-state index contributed by atoms with van der Waals surface area (Å²) >= 11 is 0. The monoisotopic (exact) mass is 849 g/mol. The summed E-state index contributed by atoms with van der Waals surface area (Å²) in [6, 6.07) is 0. The maximum absolute atomic E-state index is 12.2. The Morgan fingerprint density at radius 3 is 1.02 bits per heavy atom. The number of unbranched alkanes of at least 4 members (excludes halogenated alkanes) is 4. The van der Waals surface area contributed by atoms with E-state index in [2.05, 4.69) is 172 Å². The largest absolute Gasteiger partial charge is 0.462 e. The minimum atomic E-state index is -0.831. The molecule has 0 aromatic carbocycles. The summed E-state index contributed by atoms with van der Waals surface area (Å²) in [6.45, 7) is 3.79. The number of esters is 2. The second-order valence-corrected chi connectivity index (χ2v) is 14.7. The third kappa shape index (κ3) is 47.9. The Bertz CT molecular complexity index is 1470. The first-order valence-electron chi connectivity index (χ1n) is 23.7. The highest BCUT2D eigenvalue weighted by molar-refractivity contribution is 5.70. The van der Waals surface area contributed by atoms with Crippen LogP contribution < -0.4 is 0 Å². The lowest BCUT2D eigenvalue weighted by Gasteiger charge is -2.15. The summed E-state index contributed by atoms with van der Waals surface area (Å²) < 4.78 is 10.6. The zero-order valence-corrected chi connectivity index (χ0v) is 38.8. The SMILES string of the molecule is CC/C=C\C/C=C\C/C=C\C/C=C\C/C=C\C/C=C\C/C=C\C/C=C\CCCCCCC(=O)OC(CO)COC(=O)CC/C=C\C/C=C\C/C=C\C/C=C\C/C=C\C/C=C\CC. The van der Waals surface area contributed by atoms with Crippen molar-refractivity contribution >= 4 is 11.9 Å². The van der Waals surface area contributed by atoms with E-state index >= 15 is 0 Å². The zero-order chi connectivity index (χ0) is 44.9. The van der Waals surface area contributed by atoms with Crippen molar-refractivity contribution < 1.29 is 24.2 Å². The highest BCUT2D eigenvalue weighted by Crippen LogP contribution is 2.09. The smallest absolute Gasteiger partial charge is 0.306 e. The summed E-state index contributed by atoms with van der Waals surface area (Å²) in [7, 11) is 0. The normalized spacial score (nSPS) is 13.8. The fraction of sp³-hybridized carbons (Fsp3) is 0.474. The van der Waals surface area contributed by atoms with Crippen LogP contribution in [-0.2, 0) is 19.1 Å². The van der Waals surface area contributed by atoms with Gasteiger partial charge in [-0.1, -0.05) is 197 Å². The van der Waals surface area contributed by atoms with Gasteiger partial charge < -0.3 is 14.6 Å². The van der Waals surface area contributed by atoms with Crippen molar-refractivity contribution in [1.29, 1.82) is 0 Å². The van der Waals surface area contributed by atoms with Gasteiger partial charge in [-0.2, -0.15) is 0 Å². The highest BCUT2D eigenvalue weighted by atomic mass is 16.6. The average Bonchev–Trinajstić information content (AvgIpc) is 3.28. The Kier molecular flexibility index (Phi) is 46.7. The Hall–Kier alpha value is -4.74. The van der Waals surface area contributed by atoms with Gasteiger partial charge in [0.1, 0.15) is 6.61 Å². The van der Waals surface area contributed by atoms with E-state index in [0.29, 0.717) is 12.8 Å². The highest BCUT2D eigenvalue weighted by Gasteiger charge is 2.15. The topological polar surface area (TPSA) is 72.8 Å². The van der Waals surface area contributed by atoms with Gasteiger partial charge in [-0.25, -0.2) is 0 Å². The van der Waals surface area contributed by atoms with Crippen LogP contribution in [0.4, 0.5) is 0 Å². The van der Waals surface area contributed by atoms with Crippen molar-refractivity contribution in [2.75, 3.05) is 13.2 Å². The predicted molar refractivity (Wildman–Crippen MR) is 269 cm³/mol. The molecule has 0 aliphatic carbocycles. The maximum Gasteiger partial charge on any atom is 0.306 e. The van der Waals surface area contributed by atoms with Crippen LogP contribution in [0, 0.1) is 0 Å². The van der Waals surface area contributed by atoms with Gasteiger partial charge in [0.15, 0.2) is 6.10 Å². The zero-order valence-electron chi connectivity index (χ0n) is 38.8. The molecule has 0 radical (unpaired) electrons. The van der Waals surface area contributed by atoms with E-state index < -0.39 is 6.10 Å². The van der Waals surface area contributed by atoms with Crippen LogP contribution in [-0.4, -0.2) is 36.4 Å². The van der Waals surface area contributed by atoms with Crippen molar-refractivity contribution in [3.05, 3.63) is 170 Å². The molecule has 342 valence electrons. The molecule has 0 saturated heterocycles. The first-order chi connectivity index (χ1) is 30.6. The van der Waals surface area contributed by atoms with Crippen LogP contribution >= 0.6 is 0 Å². The molecule has 0 aliphatic heterocycles. The van der Waals surface area contributed by atoms with Gasteiger partial charge >= 0.3 is 11.9 Å². The number of aliphatic hydroxyl groups is 1. The predicted octanol–water partition coefficient (Wildman–Crippen LogP) is 15.8. The molecule has 5 heteroatoms. The van der Waals surface area contributed by atoms with E-state index in [-0.39, 0.29) is 31.6 Å². The molecule has 0 saturated carbocycles. The number of rotatable bonds is 40. The second-order valence-electron chi connectivity index (χ2n) is 14.7. The first kappa shape index (κ1) is 57.3. The molecule has 0 amide bonds. The van der Waals surface area contributed by atoms with Crippen LogP contribution in [0.1, 0.15) is 155 Å². The van der Waals surface area contributed by atoms with Crippen molar-refractivity contribution in [3.63, 3.8) is 0 Å². The summed E-state index contributed by atoms with van der Waals surface area (Å²) in [4.78, 5) is 24.4. The third-order valence-corrected chi connectivity index (χ3v) is 9.02. The summed E-state index contributed by atoms with van der Waals surface area (Å²) in [5.41, 5.74) is 0. The standard InChI is InChI=1S/C57H84O5/c1-3-5-7-9-11-13-15-17-19-21-23-24-25-26-27-28-29-30-31-32-34-36-38-40-42-44-46-48-50-52-57(60)62-55(53-58)54-61-56(59)51-49-47-45-43-41-39-37-35-33-22-20-18-16-14-12-10-8-6-4-2/h5-8,11-14,17-20,23-24,26-27,29-30,32-35,38-41,45,47,55,58H,3-4,9-10,15-16,21-22,25,28,31,36-37,42-44,46,48-54H2,1-2H3/b7-5-,8-6-,13-11-,14-12-,19-17-,20-18-,24-23-,27-26-,30-29-,34-32-,35-33-,40-38-,41-39-,47-45-. The van der Waals surface area contributed by atoms with Gasteiger partial charge in [0.2, 0.25) is 0 Å². The van der Waals surface area contributed by atoms with Gasteiger partial charge in [0.05, 0.1) is 6.61 Å². The molecule has 5 nitrogen and oxygen atoms in total. The summed E-state index contributed by atoms with van der Waals surface area (Å²) in [5.74, 6) is -0.737. The maximum atomic E-state index is 12.2. The molecule has 0 spiro atoms. The van der Waals surface area contributed by atoms with Crippen molar-refractivity contribution in [3.8, 4) is 0 Å². The lowest BCUT2D eigenvalue weighted by atomic mass is 10.1. The van der Waals surface area contributed by atoms with E-state index in [4.69, 9.17) is 9.47 Å². The van der Waals surface area contributed by atoms with E-state index in [1.807, 2.05) is 12.2 Å². The molecule has 0 bridgehead atoms. The Morgan fingerprint density at radius 1 is 0.371 bits per heavy atom. The van der Waals surface area contributed by atoms with Gasteiger partial charge in [-0.05, 0) is 116 Å². The average molecular weight is 849 g/mol. The van der Waals surface area contributed by atoms with Crippen molar-refractivity contribution in [1.82, 2.24) is 0 Å². The lowest BCUT2D eigenvalue weighted by molar-refractivity contribution is -0.161. The number of aliphatic hydroxyl groups excluding tert-OH is 1. The van der Waals surface area contributed by atoms with E-state index in [1.165, 1.54) is 0 Å². The fourth-order valence-electron chi connectivity index (χ4n) is 5.53. The fourth-order valence-corrected chi connectivity index (χ4v) is 5.53. The Morgan fingerprint density at radius 2 is 0.677 bits per heavy atom. The van der Waals surface area contributed by atoms with Gasteiger partial charge in [0, 0.05) is 12.8 Å². The minimum absolute atomic E-state index is 0.130. The quantitative estimate of drug-likeness (QED) is 0.0378. The third-order valence-electron chi connectivity index (χ3n) is 9.02. The van der Waals surface area contributed by atoms with Crippen molar-refractivity contribution in [2.24, 2.45) is 0 Å². The van der Waals surface area contributed by atoms with Gasteiger partial charge in [-0.3, -0.25) is 9.59 Å². The Balaban J connectivity index is 3.78. The van der Waals surface area contributed by atoms with Crippen LogP contribution in [0.25, 0.3) is 0 Å². The van der Waals surface area contributed by atoms with Crippen LogP contribution in [0.5, 0.6) is 0 Å². The number of carbonyl (C=O) groups excluding carboxylic acids is 2. The van der Waals surface area contributed by atoms with E-state index in [0.717, 1.165) is 122 Å². The molecule has 1 N–H and O–H groups in total. The minimum Gasteiger partial charge on any atom is -0.462 e. The van der Waals surface area contributed by atoms with Gasteiger partial charge in [0.25, 0.3) is 0 Å². The second kappa shape index (κ2) is 50.6. The molecule has 1 atom stereocenters. The van der Waals surface area contributed by atoms with Crippen molar-refractivity contribution in [2.45, 2.75) is 161 Å². The van der Waals surface area contributed by atoms with Gasteiger partial charge in [-0.15, -0.1) is 0 Å². The molecule has 0 aromatic rings. The van der Waals surface area contributed by atoms with E-state index in [1.54, 1.807) is 0 Å². The molecule has 0 aromatic heterocycles. The van der Waals surface area contributed by atoms with Crippen LogP contribution in [0.3, 0.4) is 0 Å². The summed E-state index contributed by atoms with van der Waals surface area (Å²) in [6.07, 6.45) is 80.1. The number of allylic oxidation sites excluding steroid dienone is 28. The van der Waals surface area contributed by atoms with E-state index in [9.17, 15) is 14.7 Å². The molecular weight excluding hydrogens is 765 g/mol. The number of hydrogen-bond acceptors (Lipinski definition) is 5. The first-order valence-corrected chi connectivity index (χ1v) is 23.7. The molecule has 0 rings (SSSR count). The molecule has 62 heavy (non-hydrogen) atoms. The molecule has 0 aliphatic rings. The molecule has 1 unspecified atom stereocenters. The summed E-state index contributed by atoms with van der Waals surface area (Å²) in [5, 5.41) is 9.60. The lowest BCUT2D eigenvalue weighted by Crippen LogP contribution is -2.28. The number of carbonyl (C=O) groups is 2. The molecule has 0 heterocycles. The Labute approximate surface area is 379 Å². The number of hydrogen-bond donors (Lipinski definition) is 1.